The van der Waals surface area contributed by atoms with Crippen LogP contribution in [-0.2, 0) is 4.79 Å². The van der Waals surface area contributed by atoms with Crippen LogP contribution in [0.25, 0.3) is 0 Å². The molecule has 21 heavy (non-hydrogen) atoms. The third kappa shape index (κ3) is 3.98. The zero-order valence-electron chi connectivity index (χ0n) is 12.4. The number of carboxylic acids is 1. The average molecular weight is 356 g/mol. The predicted molar refractivity (Wildman–Crippen MR) is 86.6 cm³/mol. The van der Waals surface area contributed by atoms with Gasteiger partial charge >= 0.3 is 5.97 Å². The van der Waals surface area contributed by atoms with Gasteiger partial charge in [0.25, 0.3) is 0 Å². The summed E-state index contributed by atoms with van der Waals surface area (Å²) in [7, 11) is 0. The van der Waals surface area contributed by atoms with E-state index < -0.39 is 11.6 Å². The number of hydrogen-bond donors (Lipinski definition) is 3. The molecule has 0 bridgehead atoms. The van der Waals surface area contributed by atoms with Crippen molar-refractivity contribution in [2.45, 2.75) is 45.1 Å². The van der Waals surface area contributed by atoms with Crippen molar-refractivity contribution in [1.82, 2.24) is 0 Å². The molecule has 4 nitrogen and oxygen atoms in total. The lowest BCUT2D eigenvalue weighted by Gasteiger charge is -2.35. The Morgan fingerprint density at radius 3 is 2.52 bits per heavy atom. The lowest BCUT2D eigenvalue weighted by molar-refractivity contribution is -0.144. The number of nitrogens with one attached hydrogen (secondary N) is 1. The molecule has 0 aromatic heterocycles. The fourth-order valence-corrected chi connectivity index (χ4v) is 3.79. The van der Waals surface area contributed by atoms with Gasteiger partial charge in [0, 0.05) is 11.0 Å². The van der Waals surface area contributed by atoms with Gasteiger partial charge in [0.2, 0.25) is 0 Å². The zero-order valence-corrected chi connectivity index (χ0v) is 14.0. The van der Waals surface area contributed by atoms with Crippen LogP contribution in [-0.4, -0.2) is 28.3 Å². The van der Waals surface area contributed by atoms with E-state index in [1.165, 1.54) is 5.56 Å². The molecule has 1 aliphatic carbocycles. The van der Waals surface area contributed by atoms with Gasteiger partial charge < -0.3 is 15.5 Å². The van der Waals surface area contributed by atoms with Crippen LogP contribution >= 0.6 is 15.9 Å². The standard InChI is InChI=1S/C16H22BrNO3/c1-10-7-11(2)14(13(17)8-10)18-9-16(21)5-3-12(4-6-16)15(19)20/h7-8,12,18,21H,3-6,9H2,1-2H3,(H,19,20). The number of halogens is 1. The Morgan fingerprint density at radius 1 is 1.38 bits per heavy atom. The van der Waals surface area contributed by atoms with Gasteiger partial charge in [0.1, 0.15) is 0 Å². The first-order valence-electron chi connectivity index (χ1n) is 7.26. The molecule has 0 unspecified atom stereocenters. The Kier molecular flexibility index (Phi) is 4.94. The lowest BCUT2D eigenvalue weighted by atomic mass is 9.79. The molecule has 1 aromatic carbocycles. The fourth-order valence-electron chi connectivity index (χ4n) is 2.97. The molecule has 5 heteroatoms. The third-order valence-electron chi connectivity index (χ3n) is 4.29. The van der Waals surface area contributed by atoms with Gasteiger partial charge in [0.05, 0.1) is 17.2 Å². The van der Waals surface area contributed by atoms with Crippen molar-refractivity contribution in [1.29, 1.82) is 0 Å². The number of rotatable bonds is 4. The quantitative estimate of drug-likeness (QED) is 0.773. The van der Waals surface area contributed by atoms with Crippen molar-refractivity contribution in [3.8, 4) is 0 Å². The molecular weight excluding hydrogens is 334 g/mol. The van der Waals surface area contributed by atoms with E-state index >= 15 is 0 Å². The van der Waals surface area contributed by atoms with E-state index in [1.807, 2.05) is 19.9 Å². The molecule has 1 fully saturated rings. The maximum atomic E-state index is 11.0. The van der Waals surface area contributed by atoms with Gasteiger partial charge in [-0.25, -0.2) is 0 Å². The van der Waals surface area contributed by atoms with E-state index in [0.29, 0.717) is 32.2 Å². The maximum Gasteiger partial charge on any atom is 0.306 e. The van der Waals surface area contributed by atoms with Crippen molar-refractivity contribution in [3.63, 3.8) is 0 Å². The van der Waals surface area contributed by atoms with E-state index in [4.69, 9.17) is 5.11 Å². The maximum absolute atomic E-state index is 11.0. The Morgan fingerprint density at radius 2 is 2.00 bits per heavy atom. The summed E-state index contributed by atoms with van der Waals surface area (Å²) in [6.07, 6.45) is 2.14. The molecule has 2 rings (SSSR count). The van der Waals surface area contributed by atoms with Crippen molar-refractivity contribution in [3.05, 3.63) is 27.7 Å². The second kappa shape index (κ2) is 6.36. The van der Waals surface area contributed by atoms with Crippen LogP contribution in [0.15, 0.2) is 16.6 Å². The summed E-state index contributed by atoms with van der Waals surface area (Å²) in [5, 5.41) is 22.9. The van der Waals surface area contributed by atoms with Gasteiger partial charge in [-0.2, -0.15) is 0 Å². The Labute approximate surface area is 133 Å². The van der Waals surface area contributed by atoms with E-state index in [2.05, 4.69) is 27.3 Å². The third-order valence-corrected chi connectivity index (χ3v) is 4.92. The van der Waals surface area contributed by atoms with Crippen LogP contribution in [0.4, 0.5) is 5.69 Å². The molecule has 0 atom stereocenters. The molecule has 116 valence electrons. The summed E-state index contributed by atoms with van der Waals surface area (Å²) in [4.78, 5) is 11.0. The van der Waals surface area contributed by atoms with E-state index in [1.54, 1.807) is 0 Å². The first-order valence-corrected chi connectivity index (χ1v) is 8.06. The lowest BCUT2D eigenvalue weighted by Crippen LogP contribution is -2.42. The molecule has 0 radical (unpaired) electrons. The SMILES string of the molecule is Cc1cc(C)c(NCC2(O)CCC(C(=O)O)CC2)c(Br)c1. The van der Waals surface area contributed by atoms with E-state index in [9.17, 15) is 9.90 Å². The van der Waals surface area contributed by atoms with Gasteiger partial charge in [-0.1, -0.05) is 6.07 Å². The van der Waals surface area contributed by atoms with Crippen molar-refractivity contribution in [2.75, 3.05) is 11.9 Å². The molecule has 0 amide bonds. The normalized spacial score (nSPS) is 25.6. The van der Waals surface area contributed by atoms with Crippen molar-refractivity contribution < 1.29 is 15.0 Å². The number of carboxylic acid groups (broad SMARTS) is 1. The largest absolute Gasteiger partial charge is 0.481 e. The molecule has 1 saturated carbocycles. The first kappa shape index (κ1) is 16.3. The molecule has 0 heterocycles. The topological polar surface area (TPSA) is 69.6 Å². The van der Waals surface area contributed by atoms with Gasteiger partial charge in [-0.3, -0.25) is 4.79 Å². The van der Waals surface area contributed by atoms with Crippen LogP contribution < -0.4 is 5.32 Å². The number of aliphatic hydroxyl groups is 1. The van der Waals surface area contributed by atoms with Crippen LogP contribution in [0.1, 0.15) is 36.8 Å². The second-order valence-corrected chi connectivity index (χ2v) is 6.98. The number of aryl methyl sites for hydroxylation is 2. The predicted octanol–water partition coefficient (Wildman–Crippen LogP) is 3.48. The van der Waals surface area contributed by atoms with Crippen molar-refractivity contribution >= 4 is 27.6 Å². The number of aliphatic carboxylic acids is 1. The minimum Gasteiger partial charge on any atom is -0.481 e. The molecule has 1 aliphatic rings. The highest BCUT2D eigenvalue weighted by Crippen LogP contribution is 2.34. The Hall–Kier alpha value is -1.07. The molecule has 0 saturated heterocycles. The summed E-state index contributed by atoms with van der Waals surface area (Å²) in [6, 6.07) is 4.14. The van der Waals surface area contributed by atoms with E-state index in [0.717, 1.165) is 15.7 Å². The number of benzene rings is 1. The van der Waals surface area contributed by atoms with Gasteiger partial charge in [-0.05, 0) is 72.7 Å². The Bertz CT molecular complexity index is 513. The number of hydrogen-bond acceptors (Lipinski definition) is 3. The Balaban J connectivity index is 1.99. The van der Waals surface area contributed by atoms with Crippen LogP contribution in [0, 0.1) is 19.8 Å². The van der Waals surface area contributed by atoms with Crippen LogP contribution in [0.3, 0.4) is 0 Å². The summed E-state index contributed by atoms with van der Waals surface area (Å²) in [5.74, 6) is -1.06. The second-order valence-electron chi connectivity index (χ2n) is 6.13. The van der Waals surface area contributed by atoms with Crippen LogP contribution in [0.2, 0.25) is 0 Å². The molecule has 0 aliphatic heterocycles. The minimum absolute atomic E-state index is 0.307. The molecular formula is C16H22BrNO3. The van der Waals surface area contributed by atoms with Crippen molar-refractivity contribution in [2.24, 2.45) is 5.92 Å². The summed E-state index contributed by atoms with van der Waals surface area (Å²) >= 11 is 3.55. The highest BCUT2D eigenvalue weighted by atomic mass is 79.9. The first-order chi connectivity index (χ1) is 9.81. The average Bonchev–Trinajstić information content (AvgIpc) is 2.37. The van der Waals surface area contributed by atoms with E-state index in [-0.39, 0.29) is 5.92 Å². The highest BCUT2D eigenvalue weighted by Gasteiger charge is 2.35. The molecule has 1 aromatic rings. The molecule has 0 spiro atoms. The number of anilines is 1. The minimum atomic E-state index is -0.817. The summed E-state index contributed by atoms with van der Waals surface area (Å²) in [5.41, 5.74) is 2.49. The fraction of sp³-hybridized carbons (Fsp3) is 0.562. The summed E-state index contributed by atoms with van der Waals surface area (Å²) < 4.78 is 0.989. The molecule has 3 N–H and O–H groups in total. The van der Waals surface area contributed by atoms with Gasteiger partial charge in [0.15, 0.2) is 0 Å². The van der Waals surface area contributed by atoms with Gasteiger partial charge in [-0.15, -0.1) is 0 Å². The highest BCUT2D eigenvalue weighted by molar-refractivity contribution is 9.10. The van der Waals surface area contributed by atoms with Crippen LogP contribution in [0.5, 0.6) is 0 Å². The monoisotopic (exact) mass is 355 g/mol. The summed E-state index contributed by atoms with van der Waals surface area (Å²) in [6.45, 7) is 4.52. The number of carbonyl (C=O) groups is 1. The smallest absolute Gasteiger partial charge is 0.306 e. The zero-order chi connectivity index (χ0) is 15.6.